The first-order valence-corrected chi connectivity index (χ1v) is 8.34. The molecule has 112 valence electrons. The number of rotatable bonds is 5. The first-order chi connectivity index (χ1) is 9.38. The van der Waals surface area contributed by atoms with Gasteiger partial charge < -0.3 is 10.8 Å². The quantitative estimate of drug-likeness (QED) is 0.717. The second-order valence-corrected chi connectivity index (χ2v) is 7.45. The van der Waals surface area contributed by atoms with Crippen LogP contribution in [-0.2, 0) is 10.0 Å². The van der Waals surface area contributed by atoms with E-state index in [4.69, 9.17) is 5.73 Å². The first-order valence-electron chi connectivity index (χ1n) is 6.85. The summed E-state index contributed by atoms with van der Waals surface area (Å²) in [5.74, 6) is 0. The highest BCUT2D eigenvalue weighted by Crippen LogP contribution is 2.37. The molecule has 1 aromatic carbocycles. The molecule has 0 bridgehead atoms. The van der Waals surface area contributed by atoms with E-state index in [0.29, 0.717) is 11.3 Å². The Labute approximate surface area is 120 Å². The lowest BCUT2D eigenvalue weighted by Gasteiger charge is -2.26. The van der Waals surface area contributed by atoms with Crippen LogP contribution in [0.2, 0.25) is 0 Å². The Balaban J connectivity index is 2.15. The molecule has 0 atom stereocenters. The van der Waals surface area contributed by atoms with E-state index in [1.807, 2.05) is 0 Å². The number of aliphatic hydroxyl groups excluding tert-OH is 1. The van der Waals surface area contributed by atoms with Gasteiger partial charge in [0, 0.05) is 24.3 Å². The van der Waals surface area contributed by atoms with Crippen LogP contribution in [0, 0.1) is 12.3 Å². The zero-order chi connectivity index (χ0) is 14.8. The van der Waals surface area contributed by atoms with Gasteiger partial charge in [0.05, 0.1) is 4.90 Å². The van der Waals surface area contributed by atoms with Gasteiger partial charge in [-0.15, -0.1) is 0 Å². The molecule has 0 saturated heterocycles. The van der Waals surface area contributed by atoms with Crippen LogP contribution in [0.1, 0.15) is 31.2 Å². The molecule has 1 fully saturated rings. The maximum absolute atomic E-state index is 12.3. The number of nitrogen functional groups attached to an aromatic ring is 1. The third-order valence-corrected chi connectivity index (χ3v) is 5.69. The average Bonchev–Trinajstić information content (AvgIpc) is 2.85. The monoisotopic (exact) mass is 298 g/mol. The van der Waals surface area contributed by atoms with Crippen molar-refractivity contribution in [2.75, 3.05) is 18.9 Å². The second-order valence-electron chi connectivity index (χ2n) is 5.71. The molecule has 4 N–H and O–H groups in total. The van der Waals surface area contributed by atoms with Crippen LogP contribution in [-0.4, -0.2) is 26.7 Å². The van der Waals surface area contributed by atoms with E-state index in [0.717, 1.165) is 25.7 Å². The van der Waals surface area contributed by atoms with Gasteiger partial charge in [-0.3, -0.25) is 0 Å². The van der Waals surface area contributed by atoms with Gasteiger partial charge in [0.15, 0.2) is 0 Å². The van der Waals surface area contributed by atoms with Gasteiger partial charge in [-0.05, 0) is 43.5 Å². The largest absolute Gasteiger partial charge is 0.399 e. The summed E-state index contributed by atoms with van der Waals surface area (Å²) in [4.78, 5) is 0.248. The van der Waals surface area contributed by atoms with Crippen LogP contribution in [0.25, 0.3) is 0 Å². The molecule has 0 aromatic heterocycles. The molecule has 0 amide bonds. The number of aryl methyl sites for hydroxylation is 1. The van der Waals surface area contributed by atoms with Crippen molar-refractivity contribution in [3.05, 3.63) is 23.8 Å². The lowest BCUT2D eigenvalue weighted by molar-refractivity contribution is 0.134. The standard InChI is InChI=1S/C14H22N2O3S/c1-11-8-12(15)4-5-13(11)20(18,19)16-9-14(10-17)6-2-3-7-14/h4-5,8,16-17H,2-3,6-7,9-10,15H2,1H3. The second kappa shape index (κ2) is 5.71. The Bertz CT molecular complexity index is 578. The smallest absolute Gasteiger partial charge is 0.240 e. The Kier molecular flexibility index (Phi) is 4.36. The summed E-state index contributed by atoms with van der Waals surface area (Å²) < 4.78 is 27.3. The molecule has 1 aliphatic rings. The molecular formula is C14H22N2O3S. The number of sulfonamides is 1. The molecule has 20 heavy (non-hydrogen) atoms. The van der Waals surface area contributed by atoms with Crippen LogP contribution in [0.15, 0.2) is 23.1 Å². The average molecular weight is 298 g/mol. The lowest BCUT2D eigenvalue weighted by atomic mass is 9.88. The fourth-order valence-corrected chi connectivity index (χ4v) is 4.20. The number of nitrogens with two attached hydrogens (primary N) is 1. The SMILES string of the molecule is Cc1cc(N)ccc1S(=O)(=O)NCC1(CO)CCCC1. The maximum atomic E-state index is 12.3. The Hall–Kier alpha value is -1.11. The molecule has 0 unspecified atom stereocenters. The van der Waals surface area contributed by atoms with Gasteiger partial charge in [-0.2, -0.15) is 0 Å². The highest BCUT2D eigenvalue weighted by molar-refractivity contribution is 7.89. The van der Waals surface area contributed by atoms with Crippen molar-refractivity contribution in [2.45, 2.75) is 37.5 Å². The summed E-state index contributed by atoms with van der Waals surface area (Å²) in [6.07, 6.45) is 3.83. The van der Waals surface area contributed by atoms with E-state index in [2.05, 4.69) is 4.72 Å². The lowest BCUT2D eigenvalue weighted by Crippen LogP contribution is -2.38. The highest BCUT2D eigenvalue weighted by atomic mass is 32.2. The molecule has 0 spiro atoms. The van der Waals surface area contributed by atoms with Gasteiger partial charge in [0.2, 0.25) is 10.0 Å². The molecule has 6 heteroatoms. The fourth-order valence-electron chi connectivity index (χ4n) is 2.82. The normalized spacial score (nSPS) is 18.3. The number of hydrogen-bond acceptors (Lipinski definition) is 4. The zero-order valence-corrected chi connectivity index (χ0v) is 12.5. The number of anilines is 1. The highest BCUT2D eigenvalue weighted by Gasteiger charge is 2.34. The van der Waals surface area contributed by atoms with E-state index in [9.17, 15) is 13.5 Å². The van der Waals surface area contributed by atoms with Gasteiger partial charge in [0.1, 0.15) is 0 Å². The maximum Gasteiger partial charge on any atom is 0.240 e. The van der Waals surface area contributed by atoms with Crippen molar-refractivity contribution in [3.8, 4) is 0 Å². The van der Waals surface area contributed by atoms with Crippen molar-refractivity contribution < 1.29 is 13.5 Å². The summed E-state index contributed by atoms with van der Waals surface area (Å²) in [5, 5.41) is 9.52. The van der Waals surface area contributed by atoms with Crippen molar-refractivity contribution >= 4 is 15.7 Å². The van der Waals surface area contributed by atoms with Crippen molar-refractivity contribution in [2.24, 2.45) is 5.41 Å². The number of benzene rings is 1. The summed E-state index contributed by atoms with van der Waals surface area (Å²) >= 11 is 0. The van der Waals surface area contributed by atoms with Gasteiger partial charge in [-0.1, -0.05) is 12.8 Å². The molecule has 1 aliphatic carbocycles. The minimum Gasteiger partial charge on any atom is -0.399 e. The first kappa shape index (κ1) is 15.3. The van der Waals surface area contributed by atoms with E-state index < -0.39 is 10.0 Å². The zero-order valence-electron chi connectivity index (χ0n) is 11.7. The Morgan fingerprint density at radius 2 is 2.00 bits per heavy atom. The van der Waals surface area contributed by atoms with Gasteiger partial charge >= 0.3 is 0 Å². The van der Waals surface area contributed by atoms with Crippen LogP contribution in [0.5, 0.6) is 0 Å². The van der Waals surface area contributed by atoms with Gasteiger partial charge in [0.25, 0.3) is 0 Å². The third kappa shape index (κ3) is 3.13. The van der Waals surface area contributed by atoms with E-state index in [1.54, 1.807) is 19.1 Å². The molecular weight excluding hydrogens is 276 g/mol. The van der Waals surface area contributed by atoms with Crippen LogP contribution >= 0.6 is 0 Å². The molecule has 0 heterocycles. The van der Waals surface area contributed by atoms with E-state index in [-0.39, 0.29) is 23.5 Å². The summed E-state index contributed by atoms with van der Waals surface area (Å²) in [7, 11) is -3.56. The minimum absolute atomic E-state index is 0.0240. The number of aliphatic hydroxyl groups is 1. The molecule has 1 aromatic rings. The fraction of sp³-hybridized carbons (Fsp3) is 0.571. The van der Waals surface area contributed by atoms with Crippen LogP contribution in [0.4, 0.5) is 5.69 Å². The molecule has 0 aliphatic heterocycles. The minimum atomic E-state index is -3.56. The summed E-state index contributed by atoms with van der Waals surface area (Å²) in [6.45, 7) is 2.04. The predicted molar refractivity (Wildman–Crippen MR) is 78.8 cm³/mol. The van der Waals surface area contributed by atoms with Crippen molar-refractivity contribution in [3.63, 3.8) is 0 Å². The molecule has 2 rings (SSSR count). The summed E-state index contributed by atoms with van der Waals surface area (Å²) in [5.41, 5.74) is 6.51. The van der Waals surface area contributed by atoms with E-state index in [1.165, 1.54) is 6.07 Å². The van der Waals surface area contributed by atoms with E-state index >= 15 is 0 Å². The Morgan fingerprint density at radius 1 is 1.35 bits per heavy atom. The number of hydrogen-bond donors (Lipinski definition) is 3. The Morgan fingerprint density at radius 3 is 2.55 bits per heavy atom. The predicted octanol–water partition coefficient (Wildman–Crippen LogP) is 1.41. The van der Waals surface area contributed by atoms with Crippen molar-refractivity contribution in [1.82, 2.24) is 4.72 Å². The molecule has 0 radical (unpaired) electrons. The topological polar surface area (TPSA) is 92.4 Å². The number of nitrogens with one attached hydrogen (secondary N) is 1. The van der Waals surface area contributed by atoms with Crippen LogP contribution in [0.3, 0.4) is 0 Å². The third-order valence-electron chi connectivity index (χ3n) is 4.13. The molecule has 5 nitrogen and oxygen atoms in total. The van der Waals surface area contributed by atoms with Crippen LogP contribution < -0.4 is 10.5 Å². The van der Waals surface area contributed by atoms with Crippen molar-refractivity contribution in [1.29, 1.82) is 0 Å². The van der Waals surface area contributed by atoms with Gasteiger partial charge in [-0.25, -0.2) is 13.1 Å². The molecule has 1 saturated carbocycles. The summed E-state index contributed by atoms with van der Waals surface area (Å²) in [6, 6.07) is 4.75.